The Hall–Kier alpha value is -0.160. The second-order valence-corrected chi connectivity index (χ2v) is 7.50. The van der Waals surface area contributed by atoms with E-state index in [-0.39, 0.29) is 5.41 Å². The maximum absolute atomic E-state index is 8.33. The van der Waals surface area contributed by atoms with Crippen molar-refractivity contribution in [2.75, 3.05) is 6.54 Å². The van der Waals surface area contributed by atoms with Crippen molar-refractivity contribution in [3.8, 4) is 0 Å². The lowest BCUT2D eigenvalue weighted by Crippen LogP contribution is -2.45. The Morgan fingerprint density at radius 1 is 1.15 bits per heavy atom. The third-order valence-corrected chi connectivity index (χ3v) is 4.03. The van der Waals surface area contributed by atoms with Crippen LogP contribution in [0.25, 0.3) is 0 Å². The summed E-state index contributed by atoms with van der Waals surface area (Å²) in [5, 5.41) is 16.7. The molecule has 6 N–H and O–H groups in total. The number of hydrogen-bond acceptors (Lipinski definition) is 4. The molecule has 0 aromatic heterocycles. The molecule has 122 valence electrons. The summed E-state index contributed by atoms with van der Waals surface area (Å²) >= 11 is 0. The number of rotatable bonds is 5. The van der Waals surface area contributed by atoms with Gasteiger partial charge in [0, 0.05) is 6.04 Å². The summed E-state index contributed by atoms with van der Waals surface area (Å²) < 4.78 is 0. The molecule has 0 heterocycles. The summed E-state index contributed by atoms with van der Waals surface area (Å²) in [6.45, 7) is 9.70. The molecule has 1 aliphatic rings. The molecule has 1 saturated carbocycles. The van der Waals surface area contributed by atoms with E-state index in [1.165, 1.54) is 6.42 Å². The minimum atomic E-state index is -1.10. The molecule has 20 heavy (non-hydrogen) atoms. The fourth-order valence-corrected chi connectivity index (χ4v) is 3.45. The van der Waals surface area contributed by atoms with Crippen molar-refractivity contribution in [3.63, 3.8) is 0 Å². The third kappa shape index (κ3) is 8.90. The predicted octanol–water partition coefficient (Wildman–Crippen LogP) is 2.37. The summed E-state index contributed by atoms with van der Waals surface area (Å²) in [5.41, 5.74) is 12.4. The first-order chi connectivity index (χ1) is 9.14. The monoisotopic (exact) mass is 288 g/mol. The van der Waals surface area contributed by atoms with Crippen LogP contribution < -0.4 is 11.5 Å². The van der Waals surface area contributed by atoms with Crippen molar-refractivity contribution in [1.29, 1.82) is 0 Å². The highest BCUT2D eigenvalue weighted by molar-refractivity contribution is 4.93. The fourth-order valence-electron chi connectivity index (χ4n) is 3.45. The molecule has 0 saturated heterocycles. The minimum Gasteiger partial charge on any atom is -0.368 e. The van der Waals surface area contributed by atoms with Crippen molar-refractivity contribution in [2.24, 2.45) is 22.3 Å². The Morgan fingerprint density at radius 3 is 2.15 bits per heavy atom. The standard InChI is InChI=1S/C10H22N2.C6H14O2/c1-9(2)4-8(12)5-10(3,6-9)7-11;1-2-3-4-5-6(7)8/h8H,4-7,11-12H2,1-3H3;6-8H,2-5H2,1H3. The molecular formula is C16H36N2O2. The van der Waals surface area contributed by atoms with Gasteiger partial charge in [0.1, 0.15) is 0 Å². The fraction of sp³-hybridized carbons (Fsp3) is 1.00. The van der Waals surface area contributed by atoms with Gasteiger partial charge in [-0.1, -0.05) is 40.5 Å². The summed E-state index contributed by atoms with van der Waals surface area (Å²) in [4.78, 5) is 0. The van der Waals surface area contributed by atoms with Crippen LogP contribution in [0.4, 0.5) is 0 Å². The minimum absolute atomic E-state index is 0.279. The van der Waals surface area contributed by atoms with E-state index in [4.69, 9.17) is 21.7 Å². The van der Waals surface area contributed by atoms with Gasteiger partial charge in [-0.2, -0.15) is 0 Å². The molecule has 1 aliphatic carbocycles. The van der Waals surface area contributed by atoms with E-state index in [1.807, 2.05) is 0 Å². The van der Waals surface area contributed by atoms with Gasteiger partial charge in [0.2, 0.25) is 0 Å². The Morgan fingerprint density at radius 2 is 1.75 bits per heavy atom. The first-order valence-corrected chi connectivity index (χ1v) is 7.96. The van der Waals surface area contributed by atoms with Gasteiger partial charge in [0.25, 0.3) is 0 Å². The second-order valence-electron chi connectivity index (χ2n) is 7.50. The smallest absolute Gasteiger partial charge is 0.151 e. The Labute approximate surface area is 124 Å². The van der Waals surface area contributed by atoms with E-state index < -0.39 is 6.29 Å². The van der Waals surface area contributed by atoms with Crippen molar-refractivity contribution in [3.05, 3.63) is 0 Å². The van der Waals surface area contributed by atoms with Gasteiger partial charge in [-0.05, 0) is 49.5 Å². The molecule has 0 radical (unpaired) electrons. The van der Waals surface area contributed by atoms with Crippen LogP contribution in [0.1, 0.15) is 72.6 Å². The number of unbranched alkanes of at least 4 members (excludes halogenated alkanes) is 2. The zero-order valence-electron chi connectivity index (χ0n) is 13.9. The molecule has 0 spiro atoms. The topological polar surface area (TPSA) is 92.5 Å². The van der Waals surface area contributed by atoms with Crippen LogP contribution in [-0.4, -0.2) is 29.1 Å². The number of aliphatic hydroxyl groups excluding tert-OH is 1. The number of aliphatic hydroxyl groups is 2. The first-order valence-electron chi connectivity index (χ1n) is 7.96. The normalized spacial score (nSPS) is 28.9. The van der Waals surface area contributed by atoms with Gasteiger partial charge in [-0.15, -0.1) is 0 Å². The molecule has 4 heteroatoms. The molecule has 2 atom stereocenters. The van der Waals surface area contributed by atoms with Crippen LogP contribution in [0.3, 0.4) is 0 Å². The summed E-state index contributed by atoms with van der Waals surface area (Å²) in [5.74, 6) is 0. The molecule has 0 amide bonds. The lowest BCUT2D eigenvalue weighted by Gasteiger charge is -2.45. The van der Waals surface area contributed by atoms with Crippen molar-refractivity contribution in [1.82, 2.24) is 0 Å². The summed E-state index contributed by atoms with van der Waals surface area (Å²) in [6, 6.07) is 0.349. The first kappa shape index (κ1) is 19.8. The van der Waals surface area contributed by atoms with Crippen molar-refractivity contribution >= 4 is 0 Å². The molecule has 1 fully saturated rings. The summed E-state index contributed by atoms with van der Waals surface area (Å²) in [6.07, 6.45) is 6.02. The predicted molar refractivity (Wildman–Crippen MR) is 85.1 cm³/mol. The van der Waals surface area contributed by atoms with E-state index in [0.717, 1.165) is 38.6 Å². The van der Waals surface area contributed by atoms with Crippen LogP contribution in [0.5, 0.6) is 0 Å². The average Bonchev–Trinajstić information content (AvgIpc) is 2.26. The molecular weight excluding hydrogens is 252 g/mol. The number of nitrogens with two attached hydrogens (primary N) is 2. The summed E-state index contributed by atoms with van der Waals surface area (Å²) in [7, 11) is 0. The SMILES string of the molecule is CC1(C)CC(N)CC(C)(CN)C1.CCCCCC(O)O. The Bertz CT molecular complexity index is 257. The maximum Gasteiger partial charge on any atom is 0.151 e. The van der Waals surface area contributed by atoms with Crippen molar-refractivity contribution in [2.45, 2.75) is 85.0 Å². The van der Waals surface area contributed by atoms with Gasteiger partial charge >= 0.3 is 0 Å². The average molecular weight is 288 g/mol. The quantitative estimate of drug-likeness (QED) is 0.461. The van der Waals surface area contributed by atoms with Gasteiger partial charge in [-0.25, -0.2) is 0 Å². The highest BCUT2D eigenvalue weighted by Crippen LogP contribution is 2.44. The zero-order chi connectivity index (χ0) is 15.8. The van der Waals surface area contributed by atoms with E-state index in [1.54, 1.807) is 0 Å². The molecule has 0 aromatic rings. The van der Waals surface area contributed by atoms with Gasteiger partial charge in [0.15, 0.2) is 6.29 Å². The van der Waals surface area contributed by atoms with Crippen LogP contribution in [0.15, 0.2) is 0 Å². The third-order valence-electron chi connectivity index (χ3n) is 4.03. The Kier molecular flexibility index (Phi) is 8.91. The van der Waals surface area contributed by atoms with Gasteiger partial charge < -0.3 is 21.7 Å². The molecule has 2 unspecified atom stereocenters. The lowest BCUT2D eigenvalue weighted by molar-refractivity contribution is -0.0465. The molecule has 0 bridgehead atoms. The highest BCUT2D eigenvalue weighted by atomic mass is 16.5. The zero-order valence-corrected chi connectivity index (χ0v) is 13.9. The highest BCUT2D eigenvalue weighted by Gasteiger charge is 2.38. The van der Waals surface area contributed by atoms with Gasteiger partial charge in [0.05, 0.1) is 0 Å². The van der Waals surface area contributed by atoms with E-state index in [9.17, 15) is 0 Å². The number of hydrogen-bond donors (Lipinski definition) is 4. The van der Waals surface area contributed by atoms with E-state index >= 15 is 0 Å². The molecule has 0 aromatic carbocycles. The maximum atomic E-state index is 8.33. The van der Waals surface area contributed by atoms with Crippen LogP contribution in [0.2, 0.25) is 0 Å². The largest absolute Gasteiger partial charge is 0.368 e. The molecule has 1 rings (SSSR count). The van der Waals surface area contributed by atoms with Crippen molar-refractivity contribution < 1.29 is 10.2 Å². The van der Waals surface area contributed by atoms with E-state index in [2.05, 4.69) is 27.7 Å². The van der Waals surface area contributed by atoms with Crippen LogP contribution in [-0.2, 0) is 0 Å². The second kappa shape index (κ2) is 8.98. The van der Waals surface area contributed by atoms with Gasteiger partial charge in [-0.3, -0.25) is 0 Å². The molecule has 0 aliphatic heterocycles. The van der Waals surface area contributed by atoms with Crippen LogP contribution in [0, 0.1) is 10.8 Å². The lowest BCUT2D eigenvalue weighted by atomic mass is 9.63. The van der Waals surface area contributed by atoms with Crippen LogP contribution >= 0.6 is 0 Å². The molecule has 4 nitrogen and oxygen atoms in total. The van der Waals surface area contributed by atoms with E-state index in [0.29, 0.717) is 17.9 Å². The Balaban J connectivity index is 0.000000396.